The standard InChI is InChI=1S/C16H16FNO/c1-3-19-18-11-14-9-8-13(10-16(14)17)15-7-5-4-6-12(15)2/h4-11H,3H2,1-2H3. The predicted octanol–water partition coefficient (Wildman–Crippen LogP) is 4.17. The fourth-order valence-electron chi connectivity index (χ4n) is 1.86. The average Bonchev–Trinajstić information content (AvgIpc) is 2.41. The smallest absolute Gasteiger partial charge is 0.132 e. The van der Waals surface area contributed by atoms with Gasteiger partial charge in [0.2, 0.25) is 0 Å². The Morgan fingerprint density at radius 1 is 1.21 bits per heavy atom. The van der Waals surface area contributed by atoms with E-state index < -0.39 is 0 Å². The minimum atomic E-state index is -0.302. The molecule has 0 aliphatic heterocycles. The van der Waals surface area contributed by atoms with E-state index in [9.17, 15) is 4.39 Å². The van der Waals surface area contributed by atoms with Crippen molar-refractivity contribution in [2.24, 2.45) is 5.16 Å². The van der Waals surface area contributed by atoms with Crippen LogP contribution in [0.1, 0.15) is 18.1 Å². The van der Waals surface area contributed by atoms with E-state index in [0.717, 1.165) is 16.7 Å². The van der Waals surface area contributed by atoms with Crippen molar-refractivity contribution < 1.29 is 9.23 Å². The highest BCUT2D eigenvalue weighted by Crippen LogP contribution is 2.24. The van der Waals surface area contributed by atoms with Crippen LogP contribution in [-0.2, 0) is 4.84 Å². The minimum Gasteiger partial charge on any atom is -0.396 e. The predicted molar refractivity (Wildman–Crippen MR) is 75.8 cm³/mol. The first-order valence-electron chi connectivity index (χ1n) is 6.23. The largest absolute Gasteiger partial charge is 0.396 e. The molecule has 0 N–H and O–H groups in total. The fraction of sp³-hybridized carbons (Fsp3) is 0.188. The van der Waals surface area contributed by atoms with Crippen molar-refractivity contribution in [2.45, 2.75) is 13.8 Å². The molecule has 0 atom stereocenters. The van der Waals surface area contributed by atoms with Crippen LogP contribution in [0.25, 0.3) is 11.1 Å². The molecule has 0 amide bonds. The summed E-state index contributed by atoms with van der Waals surface area (Å²) in [7, 11) is 0. The normalized spacial score (nSPS) is 10.9. The molecule has 0 aliphatic rings. The Balaban J connectivity index is 2.31. The Hall–Kier alpha value is -2.16. The number of hydrogen-bond acceptors (Lipinski definition) is 2. The van der Waals surface area contributed by atoms with Gasteiger partial charge in [-0.15, -0.1) is 0 Å². The van der Waals surface area contributed by atoms with Crippen LogP contribution < -0.4 is 0 Å². The van der Waals surface area contributed by atoms with Crippen molar-refractivity contribution in [3.05, 3.63) is 59.4 Å². The summed E-state index contributed by atoms with van der Waals surface area (Å²) < 4.78 is 13.9. The second-order valence-corrected chi connectivity index (χ2v) is 4.20. The summed E-state index contributed by atoms with van der Waals surface area (Å²) in [6, 6.07) is 13.0. The third kappa shape index (κ3) is 3.19. The number of aryl methyl sites for hydroxylation is 1. The Bertz CT molecular complexity index is 593. The first kappa shape index (κ1) is 13.3. The molecule has 2 nitrogen and oxygen atoms in total. The molecule has 2 aromatic carbocycles. The van der Waals surface area contributed by atoms with Gasteiger partial charge in [-0.3, -0.25) is 0 Å². The van der Waals surface area contributed by atoms with Gasteiger partial charge in [0.1, 0.15) is 12.4 Å². The zero-order chi connectivity index (χ0) is 13.7. The highest BCUT2D eigenvalue weighted by Gasteiger charge is 2.05. The minimum absolute atomic E-state index is 0.302. The molecule has 2 rings (SSSR count). The number of benzene rings is 2. The molecule has 0 bridgehead atoms. The summed E-state index contributed by atoms with van der Waals surface area (Å²) in [6.45, 7) is 4.31. The molecule has 0 aliphatic carbocycles. The van der Waals surface area contributed by atoms with Crippen LogP contribution in [0.3, 0.4) is 0 Å². The van der Waals surface area contributed by atoms with Crippen LogP contribution in [-0.4, -0.2) is 12.8 Å². The van der Waals surface area contributed by atoms with Gasteiger partial charge in [0.05, 0.1) is 6.21 Å². The van der Waals surface area contributed by atoms with Gasteiger partial charge in [0.25, 0.3) is 0 Å². The van der Waals surface area contributed by atoms with E-state index in [4.69, 9.17) is 4.84 Å². The first-order valence-corrected chi connectivity index (χ1v) is 6.23. The van der Waals surface area contributed by atoms with Crippen LogP contribution in [0.5, 0.6) is 0 Å². The highest BCUT2D eigenvalue weighted by molar-refractivity contribution is 5.81. The van der Waals surface area contributed by atoms with Crippen molar-refractivity contribution in [3.63, 3.8) is 0 Å². The first-order chi connectivity index (χ1) is 9.22. The molecule has 0 spiro atoms. The van der Waals surface area contributed by atoms with Gasteiger partial charge >= 0.3 is 0 Å². The lowest BCUT2D eigenvalue weighted by Crippen LogP contribution is -1.91. The molecule has 0 heterocycles. The van der Waals surface area contributed by atoms with E-state index in [1.54, 1.807) is 6.07 Å². The molecule has 0 saturated heterocycles. The second kappa shape index (κ2) is 6.14. The van der Waals surface area contributed by atoms with Gasteiger partial charge in [-0.1, -0.05) is 35.5 Å². The molecule has 0 radical (unpaired) electrons. The maximum absolute atomic E-state index is 13.9. The Labute approximate surface area is 112 Å². The van der Waals surface area contributed by atoms with Crippen LogP contribution in [0, 0.1) is 12.7 Å². The molecule has 3 heteroatoms. The van der Waals surface area contributed by atoms with E-state index in [1.807, 2.05) is 44.2 Å². The van der Waals surface area contributed by atoms with E-state index in [-0.39, 0.29) is 5.82 Å². The Kier molecular flexibility index (Phi) is 4.29. The fourth-order valence-corrected chi connectivity index (χ4v) is 1.86. The number of hydrogen-bond donors (Lipinski definition) is 0. The lowest BCUT2D eigenvalue weighted by Gasteiger charge is -2.06. The van der Waals surface area contributed by atoms with Gasteiger partial charge in [-0.05, 0) is 42.7 Å². The van der Waals surface area contributed by atoms with Crippen LogP contribution in [0.15, 0.2) is 47.6 Å². The van der Waals surface area contributed by atoms with Gasteiger partial charge < -0.3 is 4.84 Å². The summed E-state index contributed by atoms with van der Waals surface area (Å²) in [6.07, 6.45) is 1.39. The topological polar surface area (TPSA) is 21.6 Å². The molecular weight excluding hydrogens is 241 g/mol. The SMILES string of the molecule is CCON=Cc1ccc(-c2ccccc2C)cc1F. The van der Waals surface area contributed by atoms with Crippen molar-refractivity contribution in [2.75, 3.05) is 6.61 Å². The third-order valence-electron chi connectivity index (χ3n) is 2.85. The summed E-state index contributed by atoms with van der Waals surface area (Å²) in [5.41, 5.74) is 3.45. The molecule has 2 aromatic rings. The lowest BCUT2D eigenvalue weighted by atomic mass is 9.99. The zero-order valence-corrected chi connectivity index (χ0v) is 11.1. The van der Waals surface area contributed by atoms with Crippen molar-refractivity contribution >= 4 is 6.21 Å². The maximum Gasteiger partial charge on any atom is 0.132 e. The maximum atomic E-state index is 13.9. The van der Waals surface area contributed by atoms with E-state index in [0.29, 0.717) is 12.2 Å². The van der Waals surface area contributed by atoms with Gasteiger partial charge in [0.15, 0.2) is 0 Å². The van der Waals surface area contributed by atoms with E-state index >= 15 is 0 Å². The van der Waals surface area contributed by atoms with Crippen molar-refractivity contribution in [1.82, 2.24) is 0 Å². The van der Waals surface area contributed by atoms with Gasteiger partial charge in [-0.25, -0.2) is 4.39 Å². The quantitative estimate of drug-likeness (QED) is 0.595. The zero-order valence-electron chi connectivity index (χ0n) is 11.1. The Morgan fingerprint density at radius 2 is 2.00 bits per heavy atom. The van der Waals surface area contributed by atoms with E-state index in [2.05, 4.69) is 5.16 Å². The summed E-state index contributed by atoms with van der Waals surface area (Å²) in [4.78, 5) is 4.83. The molecule has 19 heavy (non-hydrogen) atoms. The number of nitrogens with zero attached hydrogens (tertiary/aromatic N) is 1. The number of halogens is 1. The van der Waals surface area contributed by atoms with Gasteiger partial charge in [-0.2, -0.15) is 0 Å². The van der Waals surface area contributed by atoms with Crippen molar-refractivity contribution in [1.29, 1.82) is 0 Å². The average molecular weight is 257 g/mol. The summed E-state index contributed by atoms with van der Waals surface area (Å²) in [5.74, 6) is -0.302. The highest BCUT2D eigenvalue weighted by atomic mass is 19.1. The van der Waals surface area contributed by atoms with Crippen LogP contribution in [0.4, 0.5) is 4.39 Å². The molecule has 0 saturated carbocycles. The molecule has 0 fully saturated rings. The number of oxime groups is 1. The van der Waals surface area contributed by atoms with Crippen molar-refractivity contribution in [3.8, 4) is 11.1 Å². The molecule has 0 aromatic heterocycles. The molecular formula is C16H16FNO. The molecule has 98 valence electrons. The second-order valence-electron chi connectivity index (χ2n) is 4.20. The molecule has 0 unspecified atom stereocenters. The van der Waals surface area contributed by atoms with Crippen LogP contribution in [0.2, 0.25) is 0 Å². The number of rotatable bonds is 4. The van der Waals surface area contributed by atoms with Crippen LogP contribution >= 0.6 is 0 Å². The Morgan fingerprint density at radius 3 is 2.68 bits per heavy atom. The van der Waals surface area contributed by atoms with Gasteiger partial charge in [0, 0.05) is 5.56 Å². The third-order valence-corrected chi connectivity index (χ3v) is 2.85. The summed E-state index contributed by atoms with van der Waals surface area (Å²) >= 11 is 0. The van der Waals surface area contributed by atoms with E-state index in [1.165, 1.54) is 12.3 Å². The lowest BCUT2D eigenvalue weighted by molar-refractivity contribution is 0.160. The summed E-state index contributed by atoms with van der Waals surface area (Å²) in [5, 5.41) is 3.68. The monoisotopic (exact) mass is 257 g/mol.